The first-order valence-electron chi connectivity index (χ1n) is 5.87. The van der Waals surface area contributed by atoms with Gasteiger partial charge < -0.3 is 9.47 Å². The molecule has 4 nitrogen and oxygen atoms in total. The van der Waals surface area contributed by atoms with Crippen LogP contribution in [0.25, 0.3) is 0 Å². The number of nitrogens with zero attached hydrogens (tertiary/aromatic N) is 2. The molecule has 17 heavy (non-hydrogen) atoms. The Bertz CT molecular complexity index is 442. The molecule has 1 aromatic rings. The summed E-state index contributed by atoms with van der Waals surface area (Å²) in [6.45, 7) is 2.62. The average Bonchev–Trinajstić information content (AvgIpc) is 2.80. The van der Waals surface area contributed by atoms with Crippen LogP contribution in [-0.2, 0) is 14.9 Å². The molecule has 3 heterocycles. The van der Waals surface area contributed by atoms with Gasteiger partial charge in [0.1, 0.15) is 5.41 Å². The molecule has 0 unspecified atom stereocenters. The van der Waals surface area contributed by atoms with Crippen LogP contribution in [0.5, 0.6) is 0 Å². The Morgan fingerprint density at radius 2 is 2.12 bits per heavy atom. The van der Waals surface area contributed by atoms with Gasteiger partial charge in [-0.05, 0) is 12.8 Å². The highest BCUT2D eigenvalue weighted by atomic mass is 32.1. The summed E-state index contributed by atoms with van der Waals surface area (Å²) in [6.07, 6.45) is 2.09. The van der Waals surface area contributed by atoms with Crippen molar-refractivity contribution in [1.29, 1.82) is 5.26 Å². The zero-order valence-electron chi connectivity index (χ0n) is 9.52. The van der Waals surface area contributed by atoms with Gasteiger partial charge in [-0.3, -0.25) is 0 Å². The number of aromatic nitrogens is 1. The maximum absolute atomic E-state index is 9.22. The van der Waals surface area contributed by atoms with Crippen LogP contribution in [0.4, 0.5) is 0 Å². The standard InChI is InChI=1S/C12H14N2O2S/c13-6-12(7-16-8-12)10-5-17-11(14-10)9-1-3-15-4-2-9/h5,9H,1-4,7-8H2. The van der Waals surface area contributed by atoms with Crippen molar-refractivity contribution in [2.24, 2.45) is 0 Å². The summed E-state index contributed by atoms with van der Waals surface area (Å²) in [7, 11) is 0. The predicted octanol–water partition coefficient (Wildman–Crippen LogP) is 1.83. The van der Waals surface area contributed by atoms with Gasteiger partial charge in [-0.15, -0.1) is 11.3 Å². The van der Waals surface area contributed by atoms with Gasteiger partial charge in [0.15, 0.2) is 0 Å². The highest BCUT2D eigenvalue weighted by Crippen LogP contribution is 2.36. The summed E-state index contributed by atoms with van der Waals surface area (Å²) in [5, 5.41) is 12.4. The van der Waals surface area contributed by atoms with Crippen LogP contribution in [0.1, 0.15) is 29.5 Å². The quantitative estimate of drug-likeness (QED) is 0.803. The number of ether oxygens (including phenoxy) is 2. The lowest BCUT2D eigenvalue weighted by Gasteiger charge is -2.33. The number of nitriles is 1. The summed E-state index contributed by atoms with van der Waals surface area (Å²) in [5.41, 5.74) is 0.428. The van der Waals surface area contributed by atoms with E-state index < -0.39 is 5.41 Å². The summed E-state index contributed by atoms with van der Waals surface area (Å²) in [4.78, 5) is 4.66. The van der Waals surface area contributed by atoms with Gasteiger partial charge >= 0.3 is 0 Å². The Morgan fingerprint density at radius 1 is 1.35 bits per heavy atom. The zero-order valence-corrected chi connectivity index (χ0v) is 10.3. The lowest BCUT2D eigenvalue weighted by molar-refractivity contribution is -0.0316. The van der Waals surface area contributed by atoms with Crippen LogP contribution >= 0.6 is 11.3 Å². The van der Waals surface area contributed by atoms with E-state index in [9.17, 15) is 5.26 Å². The van der Waals surface area contributed by atoms with Gasteiger partial charge in [0, 0.05) is 24.5 Å². The van der Waals surface area contributed by atoms with Crippen molar-refractivity contribution in [3.63, 3.8) is 0 Å². The molecule has 1 aromatic heterocycles. The van der Waals surface area contributed by atoms with E-state index >= 15 is 0 Å². The minimum Gasteiger partial charge on any atom is -0.381 e. The van der Waals surface area contributed by atoms with E-state index in [2.05, 4.69) is 11.1 Å². The van der Waals surface area contributed by atoms with Crippen LogP contribution in [-0.4, -0.2) is 31.4 Å². The Balaban J connectivity index is 1.80. The van der Waals surface area contributed by atoms with Gasteiger partial charge in [-0.2, -0.15) is 5.26 Å². The van der Waals surface area contributed by atoms with E-state index in [1.54, 1.807) is 11.3 Å². The second kappa shape index (κ2) is 4.37. The molecule has 0 aliphatic carbocycles. The molecule has 0 aromatic carbocycles. The third-order valence-electron chi connectivity index (χ3n) is 3.49. The van der Waals surface area contributed by atoms with Crippen LogP contribution < -0.4 is 0 Å². The predicted molar refractivity (Wildman–Crippen MR) is 63.0 cm³/mol. The molecule has 0 atom stereocenters. The van der Waals surface area contributed by atoms with Crippen LogP contribution in [0, 0.1) is 11.3 Å². The van der Waals surface area contributed by atoms with Crippen molar-refractivity contribution in [1.82, 2.24) is 4.98 Å². The van der Waals surface area contributed by atoms with E-state index in [4.69, 9.17) is 9.47 Å². The first-order chi connectivity index (χ1) is 8.34. The van der Waals surface area contributed by atoms with Gasteiger partial charge in [0.2, 0.25) is 0 Å². The van der Waals surface area contributed by atoms with Gasteiger partial charge in [-0.1, -0.05) is 0 Å². The Hall–Kier alpha value is -0.960. The second-order valence-electron chi connectivity index (χ2n) is 4.64. The number of rotatable bonds is 2. The molecule has 2 saturated heterocycles. The van der Waals surface area contributed by atoms with E-state index in [1.165, 1.54) is 0 Å². The third kappa shape index (κ3) is 1.86. The Kier molecular flexibility index (Phi) is 2.87. The maximum Gasteiger partial charge on any atom is 0.146 e. The van der Waals surface area contributed by atoms with Crippen molar-refractivity contribution < 1.29 is 9.47 Å². The van der Waals surface area contributed by atoms with E-state index in [1.807, 2.05) is 5.38 Å². The molecule has 0 amide bonds. The first-order valence-corrected chi connectivity index (χ1v) is 6.75. The third-order valence-corrected chi connectivity index (χ3v) is 4.50. The summed E-state index contributed by atoms with van der Waals surface area (Å²) >= 11 is 1.67. The van der Waals surface area contributed by atoms with Crippen molar-refractivity contribution >= 4 is 11.3 Å². The topological polar surface area (TPSA) is 55.1 Å². The summed E-state index contributed by atoms with van der Waals surface area (Å²) < 4.78 is 10.5. The smallest absolute Gasteiger partial charge is 0.146 e. The molecule has 5 heteroatoms. The molecule has 0 spiro atoms. The molecule has 2 fully saturated rings. The molecule has 0 bridgehead atoms. The summed E-state index contributed by atoms with van der Waals surface area (Å²) in [5.74, 6) is 0.513. The fraction of sp³-hybridized carbons (Fsp3) is 0.667. The molecule has 0 N–H and O–H groups in total. The van der Waals surface area contributed by atoms with Gasteiger partial charge in [0.25, 0.3) is 0 Å². The van der Waals surface area contributed by atoms with Gasteiger partial charge in [0.05, 0.1) is 30.0 Å². The van der Waals surface area contributed by atoms with Crippen LogP contribution in [0.3, 0.4) is 0 Å². The lowest BCUT2D eigenvalue weighted by atomic mass is 9.85. The van der Waals surface area contributed by atoms with E-state index in [0.29, 0.717) is 19.1 Å². The largest absolute Gasteiger partial charge is 0.381 e. The lowest BCUT2D eigenvalue weighted by Crippen LogP contribution is -2.45. The molecular formula is C12H14N2O2S. The minimum absolute atomic E-state index is 0.472. The van der Waals surface area contributed by atoms with Crippen molar-refractivity contribution in [2.75, 3.05) is 26.4 Å². The monoisotopic (exact) mass is 250 g/mol. The molecule has 0 radical (unpaired) electrons. The normalized spacial score (nSPS) is 23.9. The van der Waals surface area contributed by atoms with Crippen molar-refractivity contribution in [2.45, 2.75) is 24.2 Å². The molecule has 90 valence electrons. The van der Waals surface area contributed by atoms with Gasteiger partial charge in [-0.25, -0.2) is 4.98 Å². The van der Waals surface area contributed by atoms with Crippen LogP contribution in [0.15, 0.2) is 5.38 Å². The maximum atomic E-state index is 9.22. The Labute approximate surface area is 104 Å². The van der Waals surface area contributed by atoms with Crippen molar-refractivity contribution in [3.8, 4) is 6.07 Å². The fourth-order valence-electron chi connectivity index (χ4n) is 2.22. The number of thiazole rings is 1. The second-order valence-corrected chi connectivity index (χ2v) is 5.53. The highest BCUT2D eigenvalue weighted by molar-refractivity contribution is 7.09. The summed E-state index contributed by atoms with van der Waals surface area (Å²) in [6, 6.07) is 2.34. The average molecular weight is 250 g/mol. The number of hydrogen-bond donors (Lipinski definition) is 0. The molecule has 3 rings (SSSR count). The van der Waals surface area contributed by atoms with E-state index in [0.717, 1.165) is 36.8 Å². The molecule has 2 aliphatic rings. The van der Waals surface area contributed by atoms with E-state index in [-0.39, 0.29) is 0 Å². The SMILES string of the molecule is N#CC1(c2csc(C3CCOCC3)n2)COC1. The molecular weight excluding hydrogens is 236 g/mol. The fourth-order valence-corrected chi connectivity index (χ4v) is 3.31. The highest BCUT2D eigenvalue weighted by Gasteiger charge is 2.43. The van der Waals surface area contributed by atoms with Crippen LogP contribution in [0.2, 0.25) is 0 Å². The first kappa shape index (κ1) is 11.1. The Morgan fingerprint density at radius 3 is 2.71 bits per heavy atom. The van der Waals surface area contributed by atoms with Crippen molar-refractivity contribution in [3.05, 3.63) is 16.1 Å². The molecule has 2 aliphatic heterocycles. The minimum atomic E-state index is -0.472. The molecule has 0 saturated carbocycles. The number of hydrogen-bond acceptors (Lipinski definition) is 5. The zero-order chi connectivity index (χ0) is 11.7.